The van der Waals surface area contributed by atoms with E-state index in [2.05, 4.69) is 47.6 Å². The zero-order valence-corrected chi connectivity index (χ0v) is 13.0. The van der Waals surface area contributed by atoms with Gasteiger partial charge in [-0.1, -0.05) is 25.1 Å². The van der Waals surface area contributed by atoms with E-state index < -0.39 is 0 Å². The summed E-state index contributed by atoms with van der Waals surface area (Å²) in [6.45, 7) is 4.77. The fourth-order valence-electron chi connectivity index (χ4n) is 2.82. The van der Waals surface area contributed by atoms with Gasteiger partial charge in [0.2, 0.25) is 0 Å². The molecule has 0 aliphatic carbocycles. The molecule has 1 aliphatic heterocycles. The minimum atomic E-state index is 0. The van der Waals surface area contributed by atoms with Gasteiger partial charge in [0, 0.05) is 18.9 Å². The zero-order valence-electron chi connectivity index (χ0n) is 12.2. The smallest absolute Gasteiger partial charge is 0.0952 e. The van der Waals surface area contributed by atoms with Crippen molar-refractivity contribution < 1.29 is 4.74 Å². The van der Waals surface area contributed by atoms with Gasteiger partial charge < -0.3 is 10.1 Å². The monoisotopic (exact) mass is 304 g/mol. The highest BCUT2D eigenvalue weighted by atomic mass is 35.5. The average Bonchev–Trinajstić information content (AvgIpc) is 2.53. The maximum absolute atomic E-state index is 5.92. The molecule has 0 amide bonds. The first-order valence-corrected chi connectivity index (χ1v) is 7.24. The topological polar surface area (TPSA) is 34.1 Å². The van der Waals surface area contributed by atoms with E-state index in [1.807, 2.05) is 12.4 Å². The van der Waals surface area contributed by atoms with Crippen molar-refractivity contribution >= 4 is 12.4 Å². The summed E-state index contributed by atoms with van der Waals surface area (Å²) in [5.41, 5.74) is 5.30. The van der Waals surface area contributed by atoms with Gasteiger partial charge in [-0.2, -0.15) is 0 Å². The molecule has 1 aromatic heterocycles. The van der Waals surface area contributed by atoms with Crippen molar-refractivity contribution in [1.29, 1.82) is 0 Å². The summed E-state index contributed by atoms with van der Waals surface area (Å²) in [6.07, 6.45) is 4.85. The Kier molecular flexibility index (Phi) is 5.74. The Bertz CT molecular complexity index is 574. The molecule has 3 nitrogen and oxygen atoms in total. The number of hydrogen-bond acceptors (Lipinski definition) is 3. The van der Waals surface area contributed by atoms with E-state index in [-0.39, 0.29) is 18.5 Å². The number of pyridine rings is 1. The summed E-state index contributed by atoms with van der Waals surface area (Å²) >= 11 is 0. The van der Waals surface area contributed by atoms with Gasteiger partial charge in [0.25, 0.3) is 0 Å². The van der Waals surface area contributed by atoms with Crippen molar-refractivity contribution in [2.45, 2.75) is 19.4 Å². The van der Waals surface area contributed by atoms with E-state index in [1.165, 1.54) is 22.3 Å². The lowest BCUT2D eigenvalue weighted by Crippen LogP contribution is -2.27. The Morgan fingerprint density at radius 3 is 2.81 bits per heavy atom. The maximum atomic E-state index is 5.92. The number of benzene rings is 1. The Hall–Kier alpha value is -1.42. The van der Waals surface area contributed by atoms with E-state index in [0.29, 0.717) is 0 Å². The number of nitrogens with zero attached hydrogens (tertiary/aromatic N) is 1. The van der Waals surface area contributed by atoms with Crippen LogP contribution < -0.4 is 5.32 Å². The quantitative estimate of drug-likeness (QED) is 0.940. The fraction of sp³-hybridized carbons (Fsp3) is 0.353. The van der Waals surface area contributed by atoms with Crippen LogP contribution >= 0.6 is 12.4 Å². The van der Waals surface area contributed by atoms with E-state index in [4.69, 9.17) is 4.74 Å². The summed E-state index contributed by atoms with van der Waals surface area (Å²) in [7, 11) is 0. The highest BCUT2D eigenvalue weighted by Gasteiger charge is 2.22. The molecule has 0 saturated heterocycles. The van der Waals surface area contributed by atoms with Crippen LogP contribution in [0.5, 0.6) is 0 Å². The molecule has 3 rings (SSSR count). The Labute approximate surface area is 132 Å². The minimum Gasteiger partial charge on any atom is -0.372 e. The molecular formula is C17H21ClN2O. The highest BCUT2D eigenvalue weighted by molar-refractivity contribution is 5.85. The van der Waals surface area contributed by atoms with Crippen molar-refractivity contribution in [3.05, 3.63) is 53.9 Å². The molecule has 0 bridgehead atoms. The average molecular weight is 305 g/mol. The SMILES string of the molecule is CCNC[C@H]1OCCc2c(-c3ccncc3)cccc21.Cl. The number of hydrogen-bond donors (Lipinski definition) is 1. The summed E-state index contributed by atoms with van der Waals surface area (Å²) < 4.78 is 5.92. The molecule has 1 aromatic carbocycles. The zero-order chi connectivity index (χ0) is 13.8. The van der Waals surface area contributed by atoms with E-state index in [1.54, 1.807) is 0 Å². The second-order valence-electron chi connectivity index (χ2n) is 5.03. The molecule has 0 saturated carbocycles. The van der Waals surface area contributed by atoms with Crippen LogP contribution in [0.2, 0.25) is 0 Å². The molecule has 1 N–H and O–H groups in total. The first-order valence-electron chi connectivity index (χ1n) is 7.24. The number of likely N-dealkylation sites (N-methyl/N-ethyl adjacent to an activating group) is 1. The largest absolute Gasteiger partial charge is 0.372 e. The van der Waals surface area contributed by atoms with Crippen molar-refractivity contribution in [3.63, 3.8) is 0 Å². The lowest BCUT2D eigenvalue weighted by molar-refractivity contribution is 0.0431. The third-order valence-corrected chi connectivity index (χ3v) is 3.80. The Morgan fingerprint density at radius 2 is 2.05 bits per heavy atom. The standard InChI is InChI=1S/C17H20N2O.ClH/c1-2-18-12-17-16-5-3-4-14(15(16)8-11-20-17)13-6-9-19-10-7-13;/h3-7,9-10,17-18H,2,8,11-12H2,1H3;1H/t17-;/m1./s1. The van der Waals surface area contributed by atoms with Gasteiger partial charge in [-0.25, -0.2) is 0 Å². The fourth-order valence-corrected chi connectivity index (χ4v) is 2.82. The molecule has 4 heteroatoms. The predicted molar refractivity (Wildman–Crippen MR) is 87.9 cm³/mol. The van der Waals surface area contributed by atoms with Crippen molar-refractivity contribution in [2.75, 3.05) is 19.7 Å². The highest BCUT2D eigenvalue weighted by Crippen LogP contribution is 2.33. The molecule has 0 unspecified atom stereocenters. The molecule has 1 atom stereocenters. The number of ether oxygens (including phenoxy) is 1. The molecule has 1 aliphatic rings. The summed E-state index contributed by atoms with van der Waals surface area (Å²) in [6, 6.07) is 10.7. The first kappa shape index (κ1) is 16.0. The van der Waals surface area contributed by atoms with Crippen LogP contribution in [0.25, 0.3) is 11.1 Å². The molecule has 0 radical (unpaired) electrons. The van der Waals surface area contributed by atoms with Gasteiger partial charge >= 0.3 is 0 Å². The molecule has 0 fully saturated rings. The normalized spacial score (nSPS) is 16.9. The van der Waals surface area contributed by atoms with E-state index >= 15 is 0 Å². The lowest BCUT2D eigenvalue weighted by Gasteiger charge is -2.28. The predicted octanol–water partition coefficient (Wildman–Crippen LogP) is 3.39. The third-order valence-electron chi connectivity index (χ3n) is 3.80. The summed E-state index contributed by atoms with van der Waals surface area (Å²) in [5.74, 6) is 0. The molecule has 2 aromatic rings. The molecule has 0 spiro atoms. The summed E-state index contributed by atoms with van der Waals surface area (Å²) in [4.78, 5) is 4.10. The number of fused-ring (bicyclic) bond motifs is 1. The second kappa shape index (κ2) is 7.55. The van der Waals surface area contributed by atoms with Crippen molar-refractivity contribution in [2.24, 2.45) is 0 Å². The van der Waals surface area contributed by atoms with Crippen LogP contribution in [0, 0.1) is 0 Å². The molecule has 21 heavy (non-hydrogen) atoms. The number of nitrogens with one attached hydrogen (secondary N) is 1. The van der Waals surface area contributed by atoms with Crippen molar-refractivity contribution in [1.82, 2.24) is 10.3 Å². The second-order valence-corrected chi connectivity index (χ2v) is 5.03. The maximum Gasteiger partial charge on any atom is 0.0952 e. The first-order chi connectivity index (χ1) is 9.90. The van der Waals surface area contributed by atoms with Crippen LogP contribution in [-0.4, -0.2) is 24.7 Å². The third kappa shape index (κ3) is 3.43. The minimum absolute atomic E-state index is 0. The van der Waals surface area contributed by atoms with Crippen molar-refractivity contribution in [3.8, 4) is 11.1 Å². The van der Waals surface area contributed by atoms with Gasteiger partial charge in [-0.15, -0.1) is 12.4 Å². The Balaban J connectivity index is 0.00000161. The number of halogens is 1. The van der Waals surface area contributed by atoms with E-state index in [9.17, 15) is 0 Å². The Morgan fingerprint density at radius 1 is 1.24 bits per heavy atom. The van der Waals surface area contributed by atoms with Gasteiger partial charge in [0.05, 0.1) is 12.7 Å². The van der Waals surface area contributed by atoms with Crippen LogP contribution in [-0.2, 0) is 11.2 Å². The molecular weight excluding hydrogens is 284 g/mol. The number of rotatable bonds is 4. The van der Waals surface area contributed by atoms with Gasteiger partial charge in [-0.3, -0.25) is 4.98 Å². The lowest BCUT2D eigenvalue weighted by atomic mass is 9.90. The van der Waals surface area contributed by atoms with Crippen LogP contribution in [0.3, 0.4) is 0 Å². The van der Waals surface area contributed by atoms with Crippen LogP contribution in [0.15, 0.2) is 42.7 Å². The molecule has 112 valence electrons. The number of aromatic nitrogens is 1. The van der Waals surface area contributed by atoms with Gasteiger partial charge in [-0.05, 0) is 47.4 Å². The summed E-state index contributed by atoms with van der Waals surface area (Å²) in [5, 5.41) is 3.38. The van der Waals surface area contributed by atoms with Gasteiger partial charge in [0.1, 0.15) is 0 Å². The van der Waals surface area contributed by atoms with Gasteiger partial charge in [0.15, 0.2) is 0 Å². The molecule has 2 heterocycles. The van der Waals surface area contributed by atoms with Crippen LogP contribution in [0.4, 0.5) is 0 Å². The van der Waals surface area contributed by atoms with E-state index in [0.717, 1.165) is 26.1 Å². The van der Waals surface area contributed by atoms with Crippen LogP contribution in [0.1, 0.15) is 24.2 Å².